The first-order chi connectivity index (χ1) is 18.2. The lowest BCUT2D eigenvalue weighted by Crippen LogP contribution is -2.51. The SMILES string of the molecule is CC(C)CNC(=O)[C@@H](Cc1ccccc1)N(Cc1ccc(Cl)cc1Cl)C(=O)CSCc1c(F)cccc1Cl. The number of amides is 2. The van der Waals surface area contributed by atoms with Crippen LogP contribution in [-0.4, -0.2) is 35.1 Å². The molecule has 0 aliphatic heterocycles. The monoisotopic (exact) mass is 594 g/mol. The number of thioether (sulfide) groups is 1. The molecule has 0 aliphatic rings. The van der Waals surface area contributed by atoms with Gasteiger partial charge in [-0.05, 0) is 41.3 Å². The summed E-state index contributed by atoms with van der Waals surface area (Å²) in [5, 5.41) is 4.17. The van der Waals surface area contributed by atoms with Crippen molar-refractivity contribution in [1.29, 1.82) is 0 Å². The normalized spacial score (nSPS) is 11.9. The van der Waals surface area contributed by atoms with E-state index in [1.165, 1.54) is 17.8 Å². The minimum atomic E-state index is -0.784. The Hall–Kier alpha value is -2.25. The maximum Gasteiger partial charge on any atom is 0.243 e. The third-order valence-electron chi connectivity index (χ3n) is 5.85. The van der Waals surface area contributed by atoms with Gasteiger partial charge in [0, 0.05) is 45.9 Å². The highest BCUT2D eigenvalue weighted by atomic mass is 35.5. The van der Waals surface area contributed by atoms with Crippen molar-refractivity contribution in [3.63, 3.8) is 0 Å². The Labute approximate surface area is 242 Å². The average molecular weight is 596 g/mol. The van der Waals surface area contributed by atoms with Gasteiger partial charge in [-0.1, -0.05) is 91.1 Å². The van der Waals surface area contributed by atoms with Crippen LogP contribution in [-0.2, 0) is 28.3 Å². The largest absolute Gasteiger partial charge is 0.354 e. The molecule has 0 heterocycles. The molecule has 0 saturated heterocycles. The Morgan fingerprint density at radius 1 is 0.974 bits per heavy atom. The van der Waals surface area contributed by atoms with Crippen LogP contribution in [0.15, 0.2) is 66.7 Å². The van der Waals surface area contributed by atoms with E-state index in [1.807, 2.05) is 44.2 Å². The second kappa shape index (κ2) is 14.8. The third-order valence-corrected chi connectivity index (χ3v) is 7.73. The number of halogens is 4. The Kier molecular flexibility index (Phi) is 11.8. The van der Waals surface area contributed by atoms with Crippen molar-refractivity contribution in [3.05, 3.63) is 104 Å². The Balaban J connectivity index is 1.89. The summed E-state index contributed by atoms with van der Waals surface area (Å²) in [5.41, 5.74) is 1.93. The second-order valence-electron chi connectivity index (χ2n) is 9.29. The molecule has 3 aromatic rings. The molecule has 0 bridgehead atoms. The summed E-state index contributed by atoms with van der Waals surface area (Å²) in [7, 11) is 0. The highest BCUT2D eigenvalue weighted by Crippen LogP contribution is 2.27. The van der Waals surface area contributed by atoms with Crippen molar-refractivity contribution in [1.82, 2.24) is 10.2 Å². The fraction of sp³-hybridized carbons (Fsp3) is 0.310. The first kappa shape index (κ1) is 30.3. The maximum atomic E-state index is 14.3. The number of carbonyl (C=O) groups excluding carboxylic acids is 2. The number of nitrogens with zero attached hydrogens (tertiary/aromatic N) is 1. The number of nitrogens with one attached hydrogen (secondary N) is 1. The molecule has 0 radical (unpaired) electrons. The number of hydrogen-bond acceptors (Lipinski definition) is 3. The van der Waals surface area contributed by atoms with E-state index in [9.17, 15) is 14.0 Å². The van der Waals surface area contributed by atoms with Crippen molar-refractivity contribution < 1.29 is 14.0 Å². The van der Waals surface area contributed by atoms with Gasteiger partial charge in [-0.3, -0.25) is 9.59 Å². The quantitative estimate of drug-likeness (QED) is 0.237. The lowest BCUT2D eigenvalue weighted by molar-refractivity contribution is -0.139. The van der Waals surface area contributed by atoms with E-state index in [-0.39, 0.29) is 35.8 Å². The van der Waals surface area contributed by atoms with Gasteiger partial charge in [0.05, 0.1) is 5.75 Å². The van der Waals surface area contributed by atoms with Crippen LogP contribution in [0, 0.1) is 11.7 Å². The van der Waals surface area contributed by atoms with Gasteiger partial charge < -0.3 is 10.2 Å². The zero-order chi connectivity index (χ0) is 27.7. The standard InChI is InChI=1S/C29H30Cl3FN2O2S/c1-19(2)15-34-29(37)27(13-20-7-4-3-5-8-20)35(16-21-11-12-22(30)14-25(21)32)28(36)18-38-17-23-24(31)9-6-10-26(23)33/h3-12,14,19,27H,13,15-18H2,1-2H3,(H,34,37)/t27-/m1/s1. The Morgan fingerprint density at radius 3 is 2.37 bits per heavy atom. The molecule has 202 valence electrons. The van der Waals surface area contributed by atoms with Crippen LogP contribution in [0.5, 0.6) is 0 Å². The molecule has 0 aliphatic carbocycles. The second-order valence-corrected chi connectivity index (χ2v) is 11.5. The summed E-state index contributed by atoms with van der Waals surface area (Å²) in [5.74, 6) is -0.448. The molecular weight excluding hydrogens is 566 g/mol. The molecule has 0 fully saturated rings. The van der Waals surface area contributed by atoms with E-state index < -0.39 is 11.9 Å². The van der Waals surface area contributed by atoms with E-state index in [0.29, 0.717) is 39.2 Å². The molecule has 0 spiro atoms. The van der Waals surface area contributed by atoms with E-state index in [2.05, 4.69) is 5.32 Å². The van der Waals surface area contributed by atoms with Gasteiger partial charge in [-0.25, -0.2) is 4.39 Å². The first-order valence-electron chi connectivity index (χ1n) is 12.2. The van der Waals surface area contributed by atoms with Gasteiger partial charge in [-0.2, -0.15) is 0 Å². The molecule has 2 amide bonds. The van der Waals surface area contributed by atoms with Gasteiger partial charge in [0.2, 0.25) is 11.8 Å². The molecule has 1 N–H and O–H groups in total. The number of hydrogen-bond donors (Lipinski definition) is 1. The number of carbonyl (C=O) groups is 2. The maximum absolute atomic E-state index is 14.3. The van der Waals surface area contributed by atoms with Crippen LogP contribution in [0.4, 0.5) is 4.39 Å². The molecule has 9 heteroatoms. The van der Waals surface area contributed by atoms with Gasteiger partial charge in [0.1, 0.15) is 11.9 Å². The van der Waals surface area contributed by atoms with E-state index in [4.69, 9.17) is 34.8 Å². The molecule has 3 aromatic carbocycles. The van der Waals surface area contributed by atoms with Crippen molar-refractivity contribution >= 4 is 58.4 Å². The molecule has 0 saturated carbocycles. The lowest BCUT2D eigenvalue weighted by Gasteiger charge is -2.32. The van der Waals surface area contributed by atoms with Gasteiger partial charge in [0.15, 0.2) is 0 Å². The zero-order valence-corrected chi connectivity index (χ0v) is 24.3. The van der Waals surface area contributed by atoms with Crippen LogP contribution < -0.4 is 5.32 Å². The number of rotatable bonds is 12. The van der Waals surface area contributed by atoms with Crippen molar-refractivity contribution in [2.45, 2.75) is 38.6 Å². The van der Waals surface area contributed by atoms with Crippen LogP contribution in [0.3, 0.4) is 0 Å². The average Bonchev–Trinajstić information content (AvgIpc) is 2.88. The molecule has 4 nitrogen and oxygen atoms in total. The van der Waals surface area contributed by atoms with E-state index in [0.717, 1.165) is 5.56 Å². The van der Waals surface area contributed by atoms with Crippen molar-refractivity contribution in [3.8, 4) is 0 Å². The fourth-order valence-corrected chi connectivity index (χ4v) is 5.52. The van der Waals surface area contributed by atoms with Crippen molar-refractivity contribution in [2.24, 2.45) is 5.92 Å². The van der Waals surface area contributed by atoms with Crippen molar-refractivity contribution in [2.75, 3.05) is 12.3 Å². The topological polar surface area (TPSA) is 49.4 Å². The van der Waals surface area contributed by atoms with Crippen LogP contribution in [0.25, 0.3) is 0 Å². The highest BCUT2D eigenvalue weighted by molar-refractivity contribution is 7.99. The van der Waals surface area contributed by atoms with Crippen LogP contribution in [0.1, 0.15) is 30.5 Å². The van der Waals surface area contributed by atoms with E-state index >= 15 is 0 Å². The fourth-order valence-electron chi connectivity index (χ4n) is 3.80. The first-order valence-corrected chi connectivity index (χ1v) is 14.5. The molecule has 3 rings (SSSR count). The molecule has 0 aromatic heterocycles. The Morgan fingerprint density at radius 2 is 1.71 bits per heavy atom. The summed E-state index contributed by atoms with van der Waals surface area (Å²) in [6, 6.07) is 18.3. The summed E-state index contributed by atoms with van der Waals surface area (Å²) in [6.45, 7) is 4.61. The van der Waals surface area contributed by atoms with Crippen LogP contribution in [0.2, 0.25) is 15.1 Å². The third kappa shape index (κ3) is 8.91. The predicted octanol–water partition coefficient (Wildman–Crippen LogP) is 7.43. The minimum Gasteiger partial charge on any atom is -0.354 e. The molecule has 38 heavy (non-hydrogen) atoms. The summed E-state index contributed by atoms with van der Waals surface area (Å²) in [4.78, 5) is 28.7. The van der Waals surface area contributed by atoms with E-state index in [1.54, 1.807) is 35.2 Å². The van der Waals surface area contributed by atoms with Gasteiger partial charge in [0.25, 0.3) is 0 Å². The van der Waals surface area contributed by atoms with Crippen LogP contribution >= 0.6 is 46.6 Å². The molecule has 0 unspecified atom stereocenters. The lowest BCUT2D eigenvalue weighted by atomic mass is 10.0. The number of benzene rings is 3. The summed E-state index contributed by atoms with van der Waals surface area (Å²) < 4.78 is 14.3. The summed E-state index contributed by atoms with van der Waals surface area (Å²) >= 11 is 19.9. The van der Waals surface area contributed by atoms with Gasteiger partial charge >= 0.3 is 0 Å². The highest BCUT2D eigenvalue weighted by Gasteiger charge is 2.31. The summed E-state index contributed by atoms with van der Waals surface area (Å²) in [6.07, 6.45) is 0.325. The predicted molar refractivity (Wildman–Crippen MR) is 156 cm³/mol. The minimum absolute atomic E-state index is 0.0264. The van der Waals surface area contributed by atoms with Gasteiger partial charge in [-0.15, -0.1) is 11.8 Å². The molecular formula is C29H30Cl3FN2O2S. The zero-order valence-electron chi connectivity index (χ0n) is 21.2. The molecule has 1 atom stereocenters. The smallest absolute Gasteiger partial charge is 0.243 e. The Bertz CT molecular complexity index is 1220.